The van der Waals surface area contributed by atoms with E-state index in [1.165, 1.54) is 36.5 Å². The molecule has 1 amide bonds. The summed E-state index contributed by atoms with van der Waals surface area (Å²) < 4.78 is 55.4. The predicted octanol–water partition coefficient (Wildman–Crippen LogP) is 7.98. The van der Waals surface area contributed by atoms with Gasteiger partial charge in [0.05, 0.1) is 17.2 Å². The molecule has 1 unspecified atom stereocenters. The molecule has 0 radical (unpaired) electrons. The summed E-state index contributed by atoms with van der Waals surface area (Å²) in [6, 6.07) is 17.2. The van der Waals surface area contributed by atoms with Crippen LogP contribution >= 0.6 is 11.6 Å². The molecule has 0 spiro atoms. The van der Waals surface area contributed by atoms with E-state index in [1.54, 1.807) is 30.3 Å². The maximum Gasteiger partial charge on any atom is 0.506 e. The first-order valence-corrected chi connectivity index (χ1v) is 12.5. The number of alkyl halides is 3. The zero-order valence-electron chi connectivity index (χ0n) is 20.9. The Balaban J connectivity index is 1.24. The van der Waals surface area contributed by atoms with Crippen LogP contribution < -0.4 is 14.8 Å². The van der Waals surface area contributed by atoms with Gasteiger partial charge in [-0.3, -0.25) is 4.79 Å². The van der Waals surface area contributed by atoms with Crippen LogP contribution in [0, 0.1) is 0 Å². The molecule has 1 aliphatic heterocycles. The Bertz CT molecular complexity index is 1590. The summed E-state index contributed by atoms with van der Waals surface area (Å²) in [4.78, 5) is 27.8. The first-order valence-electron chi connectivity index (χ1n) is 12.2. The smallest absolute Gasteiger partial charge is 0.493 e. The van der Waals surface area contributed by atoms with E-state index in [1.807, 2.05) is 0 Å². The van der Waals surface area contributed by atoms with Crippen molar-refractivity contribution in [2.45, 2.75) is 18.7 Å². The fraction of sp³-hybridized carbons (Fsp3) is 0.138. The summed E-state index contributed by atoms with van der Waals surface area (Å²) in [5, 5.41) is 11.8. The Hall–Kier alpha value is -4.77. The van der Waals surface area contributed by atoms with Gasteiger partial charge in [0.2, 0.25) is 0 Å². The third kappa shape index (κ3) is 6.52. The van der Waals surface area contributed by atoms with Gasteiger partial charge in [0.15, 0.2) is 0 Å². The highest BCUT2D eigenvalue weighted by atomic mass is 35.5. The molecule has 0 saturated carbocycles. The Morgan fingerprint density at radius 2 is 1.80 bits per heavy atom. The zero-order valence-corrected chi connectivity index (χ0v) is 21.7. The number of nitrogens with one attached hydrogen (secondary N) is 1. The number of pyridine rings is 1. The van der Waals surface area contributed by atoms with E-state index in [0.717, 1.165) is 12.1 Å². The van der Waals surface area contributed by atoms with Crippen LogP contribution in [-0.4, -0.2) is 28.8 Å². The lowest BCUT2D eigenvalue weighted by atomic mass is 10.0. The van der Waals surface area contributed by atoms with E-state index in [9.17, 15) is 22.8 Å². The van der Waals surface area contributed by atoms with Gasteiger partial charge in [-0.2, -0.15) is 13.2 Å². The maximum atomic E-state index is 13.0. The number of anilines is 1. The number of rotatable bonds is 6. The van der Waals surface area contributed by atoms with Crippen molar-refractivity contribution in [1.29, 1.82) is 0 Å². The third-order valence-electron chi connectivity index (χ3n) is 6.16. The van der Waals surface area contributed by atoms with Crippen molar-refractivity contribution in [3.05, 3.63) is 101 Å². The minimum Gasteiger partial charge on any atom is -0.493 e. The highest BCUT2D eigenvalue weighted by Gasteiger charge is 2.30. The molecule has 2 N–H and O–H groups in total. The Morgan fingerprint density at radius 3 is 2.49 bits per heavy atom. The first-order chi connectivity index (χ1) is 19.6. The van der Waals surface area contributed by atoms with Crippen LogP contribution in [-0.2, 0) is 10.9 Å². The van der Waals surface area contributed by atoms with Gasteiger partial charge < -0.3 is 24.6 Å². The number of hydrogen-bond donors (Lipinski definition) is 2. The number of hydrogen-bond acceptors (Lipinski definition) is 6. The fourth-order valence-corrected chi connectivity index (χ4v) is 4.39. The predicted molar refractivity (Wildman–Crippen MR) is 143 cm³/mol. The number of ether oxygens (including phenoxy) is 3. The molecule has 1 atom stereocenters. The van der Waals surface area contributed by atoms with Crippen molar-refractivity contribution in [3.63, 3.8) is 0 Å². The van der Waals surface area contributed by atoms with Crippen molar-refractivity contribution in [1.82, 2.24) is 4.98 Å². The van der Waals surface area contributed by atoms with Crippen LogP contribution in [0.25, 0.3) is 11.1 Å². The van der Waals surface area contributed by atoms with Gasteiger partial charge >= 0.3 is 12.3 Å². The van der Waals surface area contributed by atoms with Crippen LogP contribution in [0.1, 0.15) is 34.0 Å². The molecule has 4 aromatic rings. The average Bonchev–Trinajstić information content (AvgIpc) is 2.94. The molecule has 1 aromatic heterocycles. The SMILES string of the molecule is O=C(O)OC1CCOc2cc(Oc3ccc(C(=O)Nc4ccc(-c5cccc(C(F)(F)F)c5)cn4)cc3)c(Cl)cc21. The molecule has 12 heteroatoms. The Kier molecular flexibility index (Phi) is 7.71. The quantitative estimate of drug-likeness (QED) is 0.221. The summed E-state index contributed by atoms with van der Waals surface area (Å²) in [7, 11) is 0. The van der Waals surface area contributed by atoms with E-state index in [4.69, 9.17) is 30.9 Å². The highest BCUT2D eigenvalue weighted by molar-refractivity contribution is 6.32. The monoisotopic (exact) mass is 584 g/mol. The molecule has 210 valence electrons. The van der Waals surface area contributed by atoms with Crippen LogP contribution in [0.2, 0.25) is 5.02 Å². The number of fused-ring (bicyclic) bond motifs is 1. The number of carbonyl (C=O) groups is 2. The van der Waals surface area contributed by atoms with E-state index in [0.29, 0.717) is 40.2 Å². The summed E-state index contributed by atoms with van der Waals surface area (Å²) in [5.41, 5.74) is 0.849. The number of benzene rings is 3. The maximum absolute atomic E-state index is 13.0. The van der Waals surface area contributed by atoms with E-state index < -0.39 is 29.9 Å². The molecule has 5 rings (SSSR count). The van der Waals surface area contributed by atoms with Gasteiger partial charge in [-0.1, -0.05) is 23.7 Å². The normalized spacial score (nSPS) is 14.4. The van der Waals surface area contributed by atoms with Gasteiger partial charge in [-0.05, 0) is 60.2 Å². The van der Waals surface area contributed by atoms with E-state index in [-0.39, 0.29) is 23.2 Å². The van der Waals surface area contributed by atoms with Crippen molar-refractivity contribution in [2.24, 2.45) is 0 Å². The van der Waals surface area contributed by atoms with Gasteiger partial charge in [-0.25, -0.2) is 9.78 Å². The standard InChI is InChI=1S/C29H20ClF3N2O6/c30-22-13-21-23(41-28(37)38)10-11-39-24(21)14-25(22)40-20-7-4-16(5-8-20)27(36)35-26-9-6-18(15-34-26)17-2-1-3-19(12-17)29(31,32)33/h1-9,12-15,23H,10-11H2,(H,37,38)(H,34,35,36). The van der Waals surface area contributed by atoms with Crippen molar-refractivity contribution in [2.75, 3.05) is 11.9 Å². The molecule has 0 aliphatic carbocycles. The van der Waals surface area contributed by atoms with E-state index >= 15 is 0 Å². The van der Waals surface area contributed by atoms with Crippen molar-refractivity contribution >= 4 is 29.5 Å². The van der Waals surface area contributed by atoms with Crippen LogP contribution in [0.5, 0.6) is 17.2 Å². The first kappa shape index (κ1) is 27.8. The summed E-state index contributed by atoms with van der Waals surface area (Å²) in [6.07, 6.45) is -4.82. The summed E-state index contributed by atoms with van der Waals surface area (Å²) >= 11 is 6.36. The third-order valence-corrected chi connectivity index (χ3v) is 6.46. The second kappa shape index (κ2) is 11.4. The lowest BCUT2D eigenvalue weighted by Crippen LogP contribution is -2.18. The fourth-order valence-electron chi connectivity index (χ4n) is 4.18. The van der Waals surface area contributed by atoms with Gasteiger partial charge in [0.1, 0.15) is 29.2 Å². The zero-order chi connectivity index (χ0) is 29.1. The largest absolute Gasteiger partial charge is 0.506 e. The lowest BCUT2D eigenvalue weighted by molar-refractivity contribution is -0.137. The number of carboxylic acid groups (broad SMARTS) is 1. The van der Waals surface area contributed by atoms with Gasteiger partial charge in [0, 0.05) is 35.4 Å². The van der Waals surface area contributed by atoms with Gasteiger partial charge in [-0.15, -0.1) is 0 Å². The number of carbonyl (C=O) groups excluding carboxylic acids is 1. The highest BCUT2D eigenvalue weighted by Crippen LogP contribution is 2.42. The number of aromatic nitrogens is 1. The molecule has 8 nitrogen and oxygen atoms in total. The number of halogens is 4. The van der Waals surface area contributed by atoms with Crippen molar-refractivity contribution < 1.29 is 42.1 Å². The lowest BCUT2D eigenvalue weighted by Gasteiger charge is -2.25. The van der Waals surface area contributed by atoms with Crippen LogP contribution in [0.3, 0.4) is 0 Å². The molecule has 41 heavy (non-hydrogen) atoms. The topological polar surface area (TPSA) is 107 Å². The van der Waals surface area contributed by atoms with Gasteiger partial charge in [0.25, 0.3) is 5.91 Å². The minimum absolute atomic E-state index is 0.217. The average molecular weight is 585 g/mol. The molecule has 0 bridgehead atoms. The molecule has 0 saturated heterocycles. The second-order valence-corrected chi connectivity index (χ2v) is 9.33. The second-order valence-electron chi connectivity index (χ2n) is 8.92. The Labute approximate surface area is 236 Å². The van der Waals surface area contributed by atoms with Crippen molar-refractivity contribution in [3.8, 4) is 28.4 Å². The summed E-state index contributed by atoms with van der Waals surface area (Å²) in [6.45, 7) is 0.263. The molecule has 3 aromatic carbocycles. The number of nitrogens with zero attached hydrogens (tertiary/aromatic N) is 1. The van der Waals surface area contributed by atoms with E-state index in [2.05, 4.69) is 10.3 Å². The number of amides is 1. The Morgan fingerprint density at radius 1 is 1.02 bits per heavy atom. The molecule has 0 fully saturated rings. The minimum atomic E-state index is -4.46. The molecule has 2 heterocycles. The van der Waals surface area contributed by atoms with Crippen LogP contribution in [0.4, 0.5) is 23.8 Å². The molecular formula is C29H20ClF3N2O6. The molecule has 1 aliphatic rings. The summed E-state index contributed by atoms with van der Waals surface area (Å²) in [5.74, 6) is 0.798. The van der Waals surface area contributed by atoms with Crippen LogP contribution in [0.15, 0.2) is 79.0 Å². The molecular weight excluding hydrogens is 565 g/mol.